The van der Waals surface area contributed by atoms with Crippen LogP contribution in [0.1, 0.15) is 11.4 Å². The number of urea groups is 1. The van der Waals surface area contributed by atoms with Crippen molar-refractivity contribution in [3.63, 3.8) is 0 Å². The molecule has 2 N–H and O–H groups in total. The predicted molar refractivity (Wildman–Crippen MR) is 89.4 cm³/mol. The van der Waals surface area contributed by atoms with Crippen LogP contribution in [-0.2, 0) is 6.54 Å². The van der Waals surface area contributed by atoms with Gasteiger partial charge in [0.2, 0.25) is 0 Å². The number of amides is 2. The van der Waals surface area contributed by atoms with Crippen LogP contribution >= 0.6 is 0 Å². The Hall–Kier alpha value is -3.15. The molecule has 0 fully saturated rings. The van der Waals surface area contributed by atoms with Crippen molar-refractivity contribution < 1.29 is 4.79 Å². The van der Waals surface area contributed by atoms with E-state index >= 15 is 0 Å². The summed E-state index contributed by atoms with van der Waals surface area (Å²) in [5, 5.41) is 5.45. The third-order valence-corrected chi connectivity index (χ3v) is 3.39. The molecule has 6 heteroatoms. The van der Waals surface area contributed by atoms with Crippen LogP contribution in [0.3, 0.4) is 0 Å². The Balaban J connectivity index is 1.59. The molecule has 3 aromatic rings. The van der Waals surface area contributed by atoms with E-state index in [0.29, 0.717) is 5.82 Å². The van der Waals surface area contributed by atoms with Crippen LogP contribution in [0.15, 0.2) is 61.1 Å². The van der Waals surface area contributed by atoms with E-state index in [1.54, 1.807) is 24.5 Å². The molecule has 0 aliphatic heterocycles. The molecule has 2 amide bonds. The van der Waals surface area contributed by atoms with Gasteiger partial charge in [-0.3, -0.25) is 5.32 Å². The maximum atomic E-state index is 11.9. The minimum atomic E-state index is -0.318. The van der Waals surface area contributed by atoms with Gasteiger partial charge in [-0.05, 0) is 36.8 Å². The lowest BCUT2D eigenvalue weighted by atomic mass is 10.2. The Labute approximate surface area is 134 Å². The topological polar surface area (TPSA) is 71.8 Å². The van der Waals surface area contributed by atoms with Gasteiger partial charge >= 0.3 is 6.03 Å². The van der Waals surface area contributed by atoms with Crippen LogP contribution in [-0.4, -0.2) is 20.6 Å². The highest BCUT2D eigenvalue weighted by Gasteiger charge is 2.04. The summed E-state index contributed by atoms with van der Waals surface area (Å²) in [7, 11) is 0. The van der Waals surface area contributed by atoms with Crippen molar-refractivity contribution in [2.75, 3.05) is 10.6 Å². The molecule has 2 heterocycles. The second kappa shape index (κ2) is 6.74. The number of carbonyl (C=O) groups is 1. The number of rotatable bonds is 4. The first-order valence-electron chi connectivity index (χ1n) is 7.26. The maximum absolute atomic E-state index is 11.9. The minimum absolute atomic E-state index is 0.318. The van der Waals surface area contributed by atoms with Crippen molar-refractivity contribution in [3.8, 4) is 0 Å². The largest absolute Gasteiger partial charge is 0.331 e. The normalized spacial score (nSPS) is 10.3. The van der Waals surface area contributed by atoms with Crippen LogP contribution in [0.25, 0.3) is 0 Å². The van der Waals surface area contributed by atoms with Gasteiger partial charge in [-0.2, -0.15) is 0 Å². The zero-order chi connectivity index (χ0) is 16.1. The van der Waals surface area contributed by atoms with E-state index in [1.165, 1.54) is 0 Å². The third kappa shape index (κ3) is 3.94. The number of hydrogen-bond donors (Lipinski definition) is 2. The quantitative estimate of drug-likeness (QED) is 0.777. The average Bonchev–Trinajstić information content (AvgIpc) is 2.95. The SMILES string of the molecule is Cc1nccn1Cc1ccc(NC(=O)Nc2ccccn2)cc1. The van der Waals surface area contributed by atoms with Crippen LogP contribution in [0, 0.1) is 6.92 Å². The van der Waals surface area contributed by atoms with Gasteiger partial charge in [0.15, 0.2) is 0 Å². The molecule has 0 aliphatic rings. The van der Waals surface area contributed by atoms with Gasteiger partial charge in [0, 0.05) is 30.8 Å². The molecule has 0 spiro atoms. The summed E-state index contributed by atoms with van der Waals surface area (Å²) >= 11 is 0. The summed E-state index contributed by atoms with van der Waals surface area (Å²) in [5.74, 6) is 1.49. The number of carbonyl (C=O) groups excluding carboxylic acids is 1. The van der Waals surface area contributed by atoms with Crippen LogP contribution < -0.4 is 10.6 Å². The number of nitrogens with one attached hydrogen (secondary N) is 2. The standard InChI is InChI=1S/C17H17N5O/c1-13-18-10-11-22(13)12-14-5-7-15(8-6-14)20-17(23)21-16-4-2-3-9-19-16/h2-11H,12H2,1H3,(H2,19,20,21,23). The van der Waals surface area contributed by atoms with Crippen LogP contribution in [0.2, 0.25) is 0 Å². The van der Waals surface area contributed by atoms with E-state index in [1.807, 2.05) is 43.5 Å². The predicted octanol–water partition coefficient (Wildman–Crippen LogP) is 3.28. The van der Waals surface area contributed by atoms with Crippen molar-refractivity contribution in [1.82, 2.24) is 14.5 Å². The van der Waals surface area contributed by atoms with E-state index in [9.17, 15) is 4.79 Å². The Morgan fingerprint density at radius 2 is 1.87 bits per heavy atom. The second-order valence-electron chi connectivity index (χ2n) is 5.09. The first-order chi connectivity index (χ1) is 11.2. The van der Waals surface area contributed by atoms with Gasteiger partial charge in [-0.25, -0.2) is 14.8 Å². The average molecular weight is 307 g/mol. The molecule has 0 aliphatic carbocycles. The van der Waals surface area contributed by atoms with Crippen molar-refractivity contribution in [2.24, 2.45) is 0 Å². The first-order valence-corrected chi connectivity index (χ1v) is 7.26. The number of anilines is 2. The number of hydrogen-bond acceptors (Lipinski definition) is 3. The minimum Gasteiger partial charge on any atom is -0.331 e. The van der Waals surface area contributed by atoms with Crippen molar-refractivity contribution in [1.29, 1.82) is 0 Å². The van der Waals surface area contributed by atoms with Crippen LogP contribution in [0.5, 0.6) is 0 Å². The molecule has 0 saturated carbocycles. The molecule has 2 aromatic heterocycles. The fraction of sp³-hybridized carbons (Fsp3) is 0.118. The monoisotopic (exact) mass is 307 g/mol. The summed E-state index contributed by atoms with van der Waals surface area (Å²) in [6.07, 6.45) is 5.36. The zero-order valence-corrected chi connectivity index (χ0v) is 12.7. The summed E-state index contributed by atoms with van der Waals surface area (Å²) in [6, 6.07) is 12.7. The molecule has 3 rings (SSSR count). The lowest BCUT2D eigenvalue weighted by Gasteiger charge is -2.09. The van der Waals surface area contributed by atoms with E-state index in [2.05, 4.69) is 25.2 Å². The molecular formula is C17H17N5O. The molecule has 1 aromatic carbocycles. The number of aryl methyl sites for hydroxylation is 1. The number of aromatic nitrogens is 3. The summed E-state index contributed by atoms with van der Waals surface area (Å²) in [5.41, 5.74) is 1.87. The van der Waals surface area contributed by atoms with Crippen molar-refractivity contribution >= 4 is 17.5 Å². The number of imidazole rings is 1. The highest BCUT2D eigenvalue weighted by Crippen LogP contribution is 2.12. The van der Waals surface area contributed by atoms with Crippen molar-refractivity contribution in [2.45, 2.75) is 13.5 Å². The number of pyridine rings is 1. The van der Waals surface area contributed by atoms with Crippen molar-refractivity contribution in [3.05, 3.63) is 72.4 Å². The van der Waals surface area contributed by atoms with Gasteiger partial charge in [-0.1, -0.05) is 18.2 Å². The highest BCUT2D eigenvalue weighted by molar-refractivity contribution is 5.99. The molecule has 0 saturated heterocycles. The van der Waals surface area contributed by atoms with E-state index in [0.717, 1.165) is 23.6 Å². The highest BCUT2D eigenvalue weighted by atomic mass is 16.2. The third-order valence-electron chi connectivity index (χ3n) is 3.39. The summed E-state index contributed by atoms with van der Waals surface area (Å²) < 4.78 is 2.07. The molecule has 6 nitrogen and oxygen atoms in total. The molecule has 116 valence electrons. The van der Waals surface area contributed by atoms with Gasteiger partial charge in [0.25, 0.3) is 0 Å². The lowest BCUT2D eigenvalue weighted by Crippen LogP contribution is -2.19. The van der Waals surface area contributed by atoms with Gasteiger partial charge in [-0.15, -0.1) is 0 Å². The van der Waals surface area contributed by atoms with Gasteiger partial charge in [0.05, 0.1) is 0 Å². The number of benzene rings is 1. The Kier molecular flexibility index (Phi) is 4.33. The van der Waals surface area contributed by atoms with Crippen LogP contribution in [0.4, 0.5) is 16.3 Å². The Bertz CT molecular complexity index is 780. The fourth-order valence-electron chi connectivity index (χ4n) is 2.18. The first kappa shape index (κ1) is 14.8. The maximum Gasteiger partial charge on any atom is 0.324 e. The zero-order valence-electron chi connectivity index (χ0n) is 12.7. The van der Waals surface area contributed by atoms with E-state index in [-0.39, 0.29) is 6.03 Å². The lowest BCUT2D eigenvalue weighted by molar-refractivity contribution is 0.262. The van der Waals surface area contributed by atoms with E-state index < -0.39 is 0 Å². The molecule has 23 heavy (non-hydrogen) atoms. The molecule has 0 bridgehead atoms. The molecular weight excluding hydrogens is 290 g/mol. The Morgan fingerprint density at radius 1 is 1.04 bits per heavy atom. The fourth-order valence-corrected chi connectivity index (χ4v) is 2.18. The summed E-state index contributed by atoms with van der Waals surface area (Å²) in [6.45, 7) is 2.73. The molecule has 0 atom stereocenters. The molecule has 0 unspecified atom stereocenters. The number of nitrogens with zero attached hydrogens (tertiary/aromatic N) is 3. The van der Waals surface area contributed by atoms with Gasteiger partial charge < -0.3 is 9.88 Å². The molecule has 0 radical (unpaired) electrons. The summed E-state index contributed by atoms with van der Waals surface area (Å²) in [4.78, 5) is 20.1. The van der Waals surface area contributed by atoms with Gasteiger partial charge in [0.1, 0.15) is 11.6 Å². The Morgan fingerprint density at radius 3 is 2.52 bits per heavy atom. The van der Waals surface area contributed by atoms with E-state index in [4.69, 9.17) is 0 Å². The second-order valence-corrected chi connectivity index (χ2v) is 5.09. The smallest absolute Gasteiger partial charge is 0.324 e.